The summed E-state index contributed by atoms with van der Waals surface area (Å²) in [4.78, 5) is 6.80. The number of benzene rings is 1. The first-order valence-corrected chi connectivity index (χ1v) is 9.15. The molecule has 3 rings (SSSR count). The predicted molar refractivity (Wildman–Crippen MR) is 96.1 cm³/mol. The maximum Gasteiger partial charge on any atom is 0.240 e. The fourth-order valence-corrected chi connectivity index (χ4v) is 3.34. The zero-order valence-electron chi connectivity index (χ0n) is 14.9. The van der Waals surface area contributed by atoms with E-state index >= 15 is 0 Å². The summed E-state index contributed by atoms with van der Waals surface area (Å²) in [7, 11) is 0. The molecule has 2 N–H and O–H groups in total. The third-order valence-electron chi connectivity index (χ3n) is 4.65. The predicted octanol–water partition coefficient (Wildman–Crippen LogP) is 1.84. The average molecular weight is 344 g/mol. The van der Waals surface area contributed by atoms with E-state index in [9.17, 15) is 5.11 Å². The third-order valence-corrected chi connectivity index (χ3v) is 4.65. The van der Waals surface area contributed by atoms with E-state index in [1.54, 1.807) is 0 Å². The molecule has 1 fully saturated rings. The Bertz CT molecular complexity index is 621. The first kappa shape index (κ1) is 18.0. The summed E-state index contributed by atoms with van der Waals surface area (Å²) in [5, 5.41) is 17.0. The van der Waals surface area contributed by atoms with E-state index in [0.717, 1.165) is 32.0 Å². The Morgan fingerprint density at radius 2 is 2.04 bits per heavy atom. The standard InChI is InChI=1S/C19H28N4O2/c1-15(24)14-23-9-7-17(8-10-23)12-20-13-19-21-18(22-25-19)11-16-5-3-2-4-6-16/h2-6,15,17,20,24H,7-14H2,1H3/t15-/m1/s1. The van der Waals surface area contributed by atoms with Gasteiger partial charge in [-0.1, -0.05) is 35.5 Å². The molecule has 1 saturated heterocycles. The first-order valence-electron chi connectivity index (χ1n) is 9.15. The van der Waals surface area contributed by atoms with Crippen LogP contribution in [0.2, 0.25) is 0 Å². The number of β-amino-alcohol motifs (C(OH)–C–C–N with tert-alkyl or cyclic N) is 1. The lowest BCUT2D eigenvalue weighted by Gasteiger charge is -2.32. The lowest BCUT2D eigenvalue weighted by Crippen LogP contribution is -2.40. The van der Waals surface area contributed by atoms with Gasteiger partial charge in [-0.2, -0.15) is 4.98 Å². The molecule has 1 atom stereocenters. The van der Waals surface area contributed by atoms with Crippen molar-refractivity contribution < 1.29 is 9.63 Å². The number of nitrogens with zero attached hydrogens (tertiary/aromatic N) is 3. The second-order valence-corrected chi connectivity index (χ2v) is 6.99. The van der Waals surface area contributed by atoms with Crippen LogP contribution in [0.15, 0.2) is 34.9 Å². The topological polar surface area (TPSA) is 74.4 Å². The average Bonchev–Trinajstić information content (AvgIpc) is 3.04. The molecule has 2 aromatic rings. The van der Waals surface area contributed by atoms with Gasteiger partial charge in [-0.05, 0) is 50.9 Å². The Hall–Kier alpha value is -1.76. The van der Waals surface area contributed by atoms with Gasteiger partial charge in [0.05, 0.1) is 12.6 Å². The summed E-state index contributed by atoms with van der Waals surface area (Å²) in [5.41, 5.74) is 1.19. The highest BCUT2D eigenvalue weighted by atomic mass is 16.5. The van der Waals surface area contributed by atoms with Gasteiger partial charge in [-0.15, -0.1) is 0 Å². The summed E-state index contributed by atoms with van der Waals surface area (Å²) in [6.07, 6.45) is 2.80. The molecule has 0 saturated carbocycles. The molecular formula is C19H28N4O2. The second kappa shape index (κ2) is 9.08. The molecule has 1 aromatic heterocycles. The fraction of sp³-hybridized carbons (Fsp3) is 0.579. The number of aliphatic hydroxyl groups is 1. The van der Waals surface area contributed by atoms with Crippen LogP contribution in [-0.2, 0) is 13.0 Å². The van der Waals surface area contributed by atoms with Crippen molar-refractivity contribution in [2.45, 2.75) is 38.8 Å². The SMILES string of the molecule is C[C@@H](O)CN1CCC(CNCc2nc(Cc3ccccc3)no2)CC1. The van der Waals surface area contributed by atoms with E-state index in [2.05, 4.69) is 32.5 Å². The molecule has 6 nitrogen and oxygen atoms in total. The van der Waals surface area contributed by atoms with Crippen molar-refractivity contribution >= 4 is 0 Å². The van der Waals surface area contributed by atoms with Crippen LogP contribution in [-0.4, -0.2) is 52.4 Å². The Labute approximate surface area is 149 Å². The molecule has 2 heterocycles. The Morgan fingerprint density at radius 3 is 2.76 bits per heavy atom. The summed E-state index contributed by atoms with van der Waals surface area (Å²) in [6.45, 7) is 6.36. The molecule has 136 valence electrons. The molecule has 0 bridgehead atoms. The maximum absolute atomic E-state index is 9.46. The van der Waals surface area contributed by atoms with Gasteiger partial charge in [0.1, 0.15) is 0 Å². The van der Waals surface area contributed by atoms with Gasteiger partial charge in [0.2, 0.25) is 5.89 Å². The zero-order valence-corrected chi connectivity index (χ0v) is 14.9. The van der Waals surface area contributed by atoms with Gasteiger partial charge in [0.25, 0.3) is 0 Å². The highest BCUT2D eigenvalue weighted by Crippen LogP contribution is 2.16. The Balaban J connectivity index is 1.36. The quantitative estimate of drug-likeness (QED) is 0.761. The molecule has 1 aliphatic rings. The number of likely N-dealkylation sites (tertiary alicyclic amines) is 1. The van der Waals surface area contributed by atoms with Gasteiger partial charge in [-0.3, -0.25) is 0 Å². The van der Waals surface area contributed by atoms with Crippen molar-refractivity contribution in [2.24, 2.45) is 5.92 Å². The molecule has 6 heteroatoms. The Morgan fingerprint density at radius 1 is 1.28 bits per heavy atom. The molecule has 0 amide bonds. The van der Waals surface area contributed by atoms with Crippen LogP contribution in [0.5, 0.6) is 0 Å². The molecule has 0 radical (unpaired) electrons. The first-order chi connectivity index (χ1) is 12.2. The van der Waals surface area contributed by atoms with Crippen LogP contribution in [0.4, 0.5) is 0 Å². The van der Waals surface area contributed by atoms with Crippen LogP contribution in [0.25, 0.3) is 0 Å². The minimum absolute atomic E-state index is 0.239. The van der Waals surface area contributed by atoms with Gasteiger partial charge < -0.3 is 19.8 Å². The van der Waals surface area contributed by atoms with Crippen LogP contribution >= 0.6 is 0 Å². The lowest BCUT2D eigenvalue weighted by molar-refractivity contribution is 0.0996. The number of aliphatic hydroxyl groups excluding tert-OH is 1. The Kier molecular flexibility index (Phi) is 6.55. The van der Waals surface area contributed by atoms with E-state index < -0.39 is 0 Å². The number of hydrogen-bond donors (Lipinski definition) is 2. The smallest absolute Gasteiger partial charge is 0.240 e. The summed E-state index contributed by atoms with van der Waals surface area (Å²) >= 11 is 0. The minimum atomic E-state index is -0.239. The highest BCUT2D eigenvalue weighted by molar-refractivity contribution is 5.18. The van der Waals surface area contributed by atoms with E-state index in [-0.39, 0.29) is 6.10 Å². The number of aromatic nitrogens is 2. The van der Waals surface area contributed by atoms with Gasteiger partial charge in [-0.25, -0.2) is 0 Å². The third kappa shape index (κ3) is 5.92. The van der Waals surface area contributed by atoms with E-state index in [0.29, 0.717) is 24.8 Å². The van der Waals surface area contributed by atoms with Crippen molar-refractivity contribution in [3.05, 3.63) is 47.6 Å². The largest absolute Gasteiger partial charge is 0.392 e. The van der Waals surface area contributed by atoms with E-state index in [1.807, 2.05) is 25.1 Å². The molecule has 1 aromatic carbocycles. The molecular weight excluding hydrogens is 316 g/mol. The number of hydrogen-bond acceptors (Lipinski definition) is 6. The van der Waals surface area contributed by atoms with E-state index in [1.165, 1.54) is 18.4 Å². The van der Waals surface area contributed by atoms with Crippen LogP contribution in [0.1, 0.15) is 37.0 Å². The van der Waals surface area contributed by atoms with Crippen LogP contribution in [0.3, 0.4) is 0 Å². The second-order valence-electron chi connectivity index (χ2n) is 6.99. The molecule has 0 spiro atoms. The van der Waals surface area contributed by atoms with Gasteiger partial charge >= 0.3 is 0 Å². The summed E-state index contributed by atoms with van der Waals surface area (Å²) in [6, 6.07) is 10.2. The van der Waals surface area contributed by atoms with Crippen molar-refractivity contribution in [1.29, 1.82) is 0 Å². The van der Waals surface area contributed by atoms with Gasteiger partial charge in [0.15, 0.2) is 5.82 Å². The van der Waals surface area contributed by atoms with Gasteiger partial charge in [0, 0.05) is 13.0 Å². The molecule has 0 unspecified atom stereocenters. The molecule has 25 heavy (non-hydrogen) atoms. The number of rotatable bonds is 8. The molecule has 0 aliphatic carbocycles. The van der Waals surface area contributed by atoms with Crippen molar-refractivity contribution in [3.63, 3.8) is 0 Å². The maximum atomic E-state index is 9.46. The summed E-state index contributed by atoms with van der Waals surface area (Å²) < 4.78 is 5.33. The monoisotopic (exact) mass is 344 g/mol. The zero-order chi connectivity index (χ0) is 17.5. The van der Waals surface area contributed by atoms with Crippen LogP contribution in [0, 0.1) is 5.92 Å². The normalized spacial score (nSPS) is 17.7. The molecule has 1 aliphatic heterocycles. The number of piperidine rings is 1. The van der Waals surface area contributed by atoms with E-state index in [4.69, 9.17) is 4.52 Å². The van der Waals surface area contributed by atoms with Crippen molar-refractivity contribution in [3.8, 4) is 0 Å². The fourth-order valence-electron chi connectivity index (χ4n) is 3.34. The van der Waals surface area contributed by atoms with Crippen molar-refractivity contribution in [2.75, 3.05) is 26.2 Å². The van der Waals surface area contributed by atoms with Crippen LogP contribution < -0.4 is 5.32 Å². The highest BCUT2D eigenvalue weighted by Gasteiger charge is 2.19. The number of nitrogens with one attached hydrogen (secondary N) is 1. The minimum Gasteiger partial charge on any atom is -0.392 e. The van der Waals surface area contributed by atoms with Crippen molar-refractivity contribution in [1.82, 2.24) is 20.4 Å². The summed E-state index contributed by atoms with van der Waals surface area (Å²) in [5.74, 6) is 2.06. The lowest BCUT2D eigenvalue weighted by atomic mass is 9.96.